The summed E-state index contributed by atoms with van der Waals surface area (Å²) in [6.07, 6.45) is -6.96. The smallest absolute Gasteiger partial charge is 0.245 e. The van der Waals surface area contributed by atoms with Gasteiger partial charge in [0.05, 0.1) is 6.61 Å². The van der Waals surface area contributed by atoms with Crippen LogP contribution < -0.4 is 0 Å². The van der Waals surface area contributed by atoms with Crippen LogP contribution in [0.4, 0.5) is 0 Å². The first-order chi connectivity index (χ1) is 5.91. The molecule has 0 aromatic carbocycles. The van der Waals surface area contributed by atoms with Gasteiger partial charge in [0.15, 0.2) is 0 Å². The van der Waals surface area contributed by atoms with Crippen LogP contribution in [-0.4, -0.2) is 67.6 Å². The Balaban J connectivity index is 2.79. The van der Waals surface area contributed by atoms with E-state index in [0.717, 1.165) is 0 Å². The molecule has 0 aromatic heterocycles. The summed E-state index contributed by atoms with van der Waals surface area (Å²) in [5.41, 5.74) is 0. The topological polar surface area (TPSA) is 131 Å². The molecule has 7 nitrogen and oxygen atoms in total. The molecule has 0 aromatic rings. The second-order valence-corrected chi connectivity index (χ2v) is 2.93. The van der Waals surface area contributed by atoms with Crippen LogP contribution in [0, 0.1) is 0 Å². The predicted octanol–water partition coefficient (Wildman–Crippen LogP) is -3.90. The zero-order chi connectivity index (χ0) is 10.2. The zero-order valence-electron chi connectivity index (χ0n) is 6.61. The molecule has 0 bridgehead atoms. The average molecular weight is 196 g/mol. The fraction of sp³-hybridized carbons (Fsp3) is 1.00. The number of aliphatic hydroxyl groups excluding tert-OH is 4. The summed E-state index contributed by atoms with van der Waals surface area (Å²) in [5.74, 6) is -2.93. The van der Waals surface area contributed by atoms with E-state index in [-0.39, 0.29) is 0 Å². The van der Waals surface area contributed by atoms with Gasteiger partial charge in [-0.15, -0.1) is 0 Å². The number of rotatable bonds is 1. The normalized spacial score (nSPS) is 44.8. The molecule has 0 amide bonds. The van der Waals surface area contributed by atoms with E-state index in [0.29, 0.717) is 0 Å². The minimum Gasteiger partial charge on any atom is -0.394 e. The molecule has 13 heavy (non-hydrogen) atoms. The molecule has 0 aliphatic carbocycles. The van der Waals surface area contributed by atoms with Gasteiger partial charge in [0, 0.05) is 0 Å². The second kappa shape index (κ2) is 3.46. The summed E-state index contributed by atoms with van der Waals surface area (Å²) in [6, 6.07) is 0. The van der Waals surface area contributed by atoms with Crippen LogP contribution in [0.1, 0.15) is 0 Å². The van der Waals surface area contributed by atoms with Crippen molar-refractivity contribution in [2.24, 2.45) is 0 Å². The van der Waals surface area contributed by atoms with Gasteiger partial charge in [-0.25, -0.2) is 0 Å². The van der Waals surface area contributed by atoms with Crippen LogP contribution >= 0.6 is 0 Å². The standard InChI is InChI=1S/C6H12O7/c7-1-2-3(8)4(9)6(11,12)5(10)13-2/h2-5,7-12H,1H2/t2-,3-,4-,5?/m1/s1. The molecule has 1 rings (SSSR count). The first kappa shape index (κ1) is 10.8. The Morgan fingerprint density at radius 2 is 1.69 bits per heavy atom. The lowest BCUT2D eigenvalue weighted by Gasteiger charge is -2.42. The fourth-order valence-corrected chi connectivity index (χ4v) is 1.10. The third kappa shape index (κ3) is 1.67. The summed E-state index contributed by atoms with van der Waals surface area (Å²) in [4.78, 5) is 0. The van der Waals surface area contributed by atoms with Crippen molar-refractivity contribution >= 4 is 0 Å². The lowest BCUT2D eigenvalue weighted by molar-refractivity contribution is -0.395. The molecule has 78 valence electrons. The number of hydrogen-bond acceptors (Lipinski definition) is 7. The number of hydrogen-bond donors (Lipinski definition) is 6. The van der Waals surface area contributed by atoms with Crippen LogP contribution in [0.2, 0.25) is 0 Å². The molecule has 6 N–H and O–H groups in total. The highest BCUT2D eigenvalue weighted by Crippen LogP contribution is 2.26. The van der Waals surface area contributed by atoms with Gasteiger partial charge in [0.2, 0.25) is 12.1 Å². The van der Waals surface area contributed by atoms with E-state index >= 15 is 0 Å². The highest BCUT2D eigenvalue weighted by Gasteiger charge is 2.53. The molecule has 1 saturated heterocycles. The summed E-state index contributed by atoms with van der Waals surface area (Å²) >= 11 is 0. The van der Waals surface area contributed by atoms with Gasteiger partial charge in [-0.1, -0.05) is 0 Å². The molecular formula is C6H12O7. The predicted molar refractivity (Wildman–Crippen MR) is 37.1 cm³/mol. The average Bonchev–Trinajstić information content (AvgIpc) is 2.09. The maximum atomic E-state index is 9.12. The van der Waals surface area contributed by atoms with E-state index < -0.39 is 37.0 Å². The Bertz CT molecular complexity index is 182. The first-order valence-electron chi connectivity index (χ1n) is 3.66. The van der Waals surface area contributed by atoms with Gasteiger partial charge in [-0.3, -0.25) is 0 Å². The SMILES string of the molecule is OC[C@H]1OC(O)C(O)(O)[C@H](O)[C@@H]1O. The Hall–Kier alpha value is -0.280. The molecule has 0 saturated carbocycles. The lowest BCUT2D eigenvalue weighted by atomic mass is 9.96. The van der Waals surface area contributed by atoms with Gasteiger partial charge in [0.25, 0.3) is 0 Å². The van der Waals surface area contributed by atoms with Gasteiger partial charge in [-0.05, 0) is 0 Å². The molecule has 4 atom stereocenters. The van der Waals surface area contributed by atoms with Crippen molar-refractivity contribution in [2.75, 3.05) is 6.61 Å². The van der Waals surface area contributed by atoms with E-state index in [1.807, 2.05) is 0 Å². The third-order valence-corrected chi connectivity index (χ3v) is 1.99. The minimum absolute atomic E-state index is 0.647. The third-order valence-electron chi connectivity index (χ3n) is 1.99. The maximum absolute atomic E-state index is 9.12. The van der Waals surface area contributed by atoms with Crippen molar-refractivity contribution in [2.45, 2.75) is 30.4 Å². The highest BCUT2D eigenvalue weighted by molar-refractivity contribution is 4.92. The van der Waals surface area contributed by atoms with Crippen molar-refractivity contribution in [1.82, 2.24) is 0 Å². The first-order valence-corrected chi connectivity index (χ1v) is 3.66. The zero-order valence-corrected chi connectivity index (χ0v) is 6.61. The summed E-state index contributed by atoms with van der Waals surface area (Å²) < 4.78 is 4.43. The lowest BCUT2D eigenvalue weighted by Crippen LogP contribution is -2.66. The molecule has 1 fully saturated rings. The highest BCUT2D eigenvalue weighted by atomic mass is 16.7. The van der Waals surface area contributed by atoms with E-state index in [9.17, 15) is 0 Å². The van der Waals surface area contributed by atoms with Gasteiger partial charge in [0.1, 0.15) is 18.3 Å². The summed E-state index contributed by atoms with van der Waals surface area (Å²) in [6.45, 7) is -0.647. The number of aliphatic hydroxyl groups is 6. The Morgan fingerprint density at radius 1 is 1.15 bits per heavy atom. The molecule has 1 aliphatic rings. The molecule has 1 unspecified atom stereocenters. The van der Waals surface area contributed by atoms with E-state index in [4.69, 9.17) is 30.6 Å². The fourth-order valence-electron chi connectivity index (χ4n) is 1.10. The maximum Gasteiger partial charge on any atom is 0.245 e. The van der Waals surface area contributed by atoms with Crippen LogP contribution in [-0.2, 0) is 4.74 Å². The van der Waals surface area contributed by atoms with Gasteiger partial charge < -0.3 is 35.4 Å². The van der Waals surface area contributed by atoms with Crippen molar-refractivity contribution in [3.8, 4) is 0 Å². The Morgan fingerprint density at radius 3 is 2.15 bits per heavy atom. The Labute approximate surface area is 73.4 Å². The quantitative estimate of drug-likeness (QED) is 0.236. The van der Waals surface area contributed by atoms with Crippen LogP contribution in [0.5, 0.6) is 0 Å². The molecule has 1 heterocycles. The minimum atomic E-state index is -2.93. The van der Waals surface area contributed by atoms with Crippen molar-refractivity contribution in [3.05, 3.63) is 0 Å². The van der Waals surface area contributed by atoms with E-state index in [1.54, 1.807) is 0 Å². The Kier molecular flexibility index (Phi) is 2.88. The van der Waals surface area contributed by atoms with Crippen molar-refractivity contribution in [3.63, 3.8) is 0 Å². The number of ether oxygens (including phenoxy) is 1. The summed E-state index contributed by atoms with van der Waals surface area (Å²) in [5, 5.41) is 53.7. The monoisotopic (exact) mass is 196 g/mol. The molecule has 1 aliphatic heterocycles. The molecule has 0 radical (unpaired) electrons. The van der Waals surface area contributed by atoms with Gasteiger partial charge >= 0.3 is 0 Å². The van der Waals surface area contributed by atoms with Crippen molar-refractivity contribution < 1.29 is 35.4 Å². The molecule has 7 heteroatoms. The van der Waals surface area contributed by atoms with Crippen molar-refractivity contribution in [1.29, 1.82) is 0 Å². The second-order valence-electron chi connectivity index (χ2n) is 2.93. The largest absolute Gasteiger partial charge is 0.394 e. The molecular weight excluding hydrogens is 184 g/mol. The van der Waals surface area contributed by atoms with Gasteiger partial charge in [-0.2, -0.15) is 0 Å². The van der Waals surface area contributed by atoms with E-state index in [2.05, 4.69) is 4.74 Å². The summed E-state index contributed by atoms with van der Waals surface area (Å²) in [7, 11) is 0. The van der Waals surface area contributed by atoms with E-state index in [1.165, 1.54) is 0 Å². The van der Waals surface area contributed by atoms with Crippen LogP contribution in [0.25, 0.3) is 0 Å². The molecule has 0 spiro atoms. The van der Waals surface area contributed by atoms with Crippen LogP contribution in [0.3, 0.4) is 0 Å². The van der Waals surface area contributed by atoms with Crippen LogP contribution in [0.15, 0.2) is 0 Å².